The molecule has 3 rings (SSSR count). The zero-order valence-electron chi connectivity index (χ0n) is 13.1. The van der Waals surface area contributed by atoms with Gasteiger partial charge in [0.15, 0.2) is 5.15 Å². The van der Waals surface area contributed by atoms with Crippen LogP contribution in [-0.2, 0) is 24.8 Å². The van der Waals surface area contributed by atoms with Gasteiger partial charge >= 0.3 is 0 Å². The minimum atomic E-state index is 0.107. The Labute approximate surface area is 139 Å². The summed E-state index contributed by atoms with van der Waals surface area (Å²) in [5, 5.41) is 8.56. The molecule has 2 aromatic heterocycles. The van der Waals surface area contributed by atoms with Crippen LogP contribution in [0.5, 0.6) is 0 Å². The molecule has 9 heteroatoms. The number of hydrogen-bond acceptors (Lipinski definition) is 5. The maximum Gasteiger partial charge on any atom is 0.227 e. The highest BCUT2D eigenvalue weighted by Gasteiger charge is 2.22. The molecule has 1 amide bonds. The molecule has 0 radical (unpaired) electrons. The molecule has 0 unspecified atom stereocenters. The molecule has 0 aromatic carbocycles. The molecule has 0 aliphatic carbocycles. The van der Waals surface area contributed by atoms with Crippen molar-refractivity contribution in [2.75, 3.05) is 32.7 Å². The molecule has 0 atom stereocenters. The molecule has 0 saturated carbocycles. The van der Waals surface area contributed by atoms with Crippen LogP contribution in [0.3, 0.4) is 0 Å². The van der Waals surface area contributed by atoms with Crippen LogP contribution in [0.25, 0.3) is 0 Å². The fourth-order valence-electron chi connectivity index (χ4n) is 2.72. The number of aryl methyl sites for hydroxylation is 1. The summed E-state index contributed by atoms with van der Waals surface area (Å²) in [5.41, 5.74) is 0.785. The minimum absolute atomic E-state index is 0.107. The van der Waals surface area contributed by atoms with Gasteiger partial charge in [0.05, 0.1) is 13.0 Å². The first-order valence-corrected chi connectivity index (χ1v) is 8.00. The van der Waals surface area contributed by atoms with E-state index in [0.717, 1.165) is 44.8 Å². The highest BCUT2D eigenvalue weighted by molar-refractivity contribution is 6.30. The second kappa shape index (κ2) is 7.10. The first kappa shape index (κ1) is 15.9. The zero-order valence-corrected chi connectivity index (χ0v) is 13.9. The molecule has 0 N–H and O–H groups in total. The van der Waals surface area contributed by atoms with Gasteiger partial charge in [0, 0.05) is 51.5 Å². The summed E-state index contributed by atoms with van der Waals surface area (Å²) in [6, 6.07) is 0. The van der Waals surface area contributed by atoms with Gasteiger partial charge in [-0.15, -0.1) is 0 Å². The van der Waals surface area contributed by atoms with E-state index in [1.807, 2.05) is 9.58 Å². The van der Waals surface area contributed by atoms with Gasteiger partial charge in [-0.1, -0.05) is 11.6 Å². The lowest BCUT2D eigenvalue weighted by Crippen LogP contribution is -2.49. The van der Waals surface area contributed by atoms with Gasteiger partial charge in [-0.05, 0) is 0 Å². The number of carbonyl (C=O) groups excluding carboxylic acids is 1. The third kappa shape index (κ3) is 4.08. The van der Waals surface area contributed by atoms with Crippen LogP contribution in [0.15, 0.2) is 18.9 Å². The van der Waals surface area contributed by atoms with E-state index in [2.05, 4.69) is 20.1 Å². The van der Waals surface area contributed by atoms with Gasteiger partial charge in [-0.2, -0.15) is 10.2 Å². The third-order valence-electron chi connectivity index (χ3n) is 4.03. The van der Waals surface area contributed by atoms with E-state index >= 15 is 0 Å². The highest BCUT2D eigenvalue weighted by Crippen LogP contribution is 2.15. The molecule has 124 valence electrons. The molecule has 1 fully saturated rings. The molecule has 1 aliphatic rings. The summed E-state index contributed by atoms with van der Waals surface area (Å²) < 4.78 is 3.45. The predicted octanol–water partition coefficient (Wildman–Crippen LogP) is 0.0519. The van der Waals surface area contributed by atoms with E-state index in [-0.39, 0.29) is 5.91 Å². The average molecular weight is 338 g/mol. The Hall–Kier alpha value is -1.93. The van der Waals surface area contributed by atoms with Crippen molar-refractivity contribution in [3.8, 4) is 0 Å². The number of carbonyl (C=O) groups is 1. The van der Waals surface area contributed by atoms with Gasteiger partial charge in [0.1, 0.15) is 12.7 Å². The first-order chi connectivity index (χ1) is 11.1. The number of rotatable bonds is 5. The van der Waals surface area contributed by atoms with Crippen LogP contribution in [0.4, 0.5) is 0 Å². The monoisotopic (exact) mass is 337 g/mol. The summed E-state index contributed by atoms with van der Waals surface area (Å²) in [4.78, 5) is 20.5. The van der Waals surface area contributed by atoms with Crippen molar-refractivity contribution < 1.29 is 4.79 Å². The van der Waals surface area contributed by atoms with E-state index in [1.54, 1.807) is 30.6 Å². The van der Waals surface area contributed by atoms with Crippen LogP contribution in [0.1, 0.15) is 5.56 Å². The van der Waals surface area contributed by atoms with Gasteiger partial charge in [0.2, 0.25) is 5.91 Å². The predicted molar refractivity (Wildman–Crippen MR) is 85.0 cm³/mol. The largest absolute Gasteiger partial charge is 0.340 e. The van der Waals surface area contributed by atoms with Gasteiger partial charge < -0.3 is 4.90 Å². The lowest BCUT2D eigenvalue weighted by molar-refractivity contribution is -0.132. The second-order valence-electron chi connectivity index (χ2n) is 5.68. The molecule has 23 heavy (non-hydrogen) atoms. The maximum atomic E-state index is 12.4. The molecular weight excluding hydrogens is 318 g/mol. The Morgan fingerprint density at radius 2 is 2.04 bits per heavy atom. The van der Waals surface area contributed by atoms with E-state index in [4.69, 9.17) is 11.6 Å². The molecule has 1 saturated heterocycles. The highest BCUT2D eigenvalue weighted by atomic mass is 35.5. The van der Waals surface area contributed by atoms with Crippen LogP contribution in [0.2, 0.25) is 5.15 Å². The lowest BCUT2D eigenvalue weighted by Gasteiger charge is -2.34. The maximum absolute atomic E-state index is 12.4. The Kier molecular flexibility index (Phi) is 4.92. The lowest BCUT2D eigenvalue weighted by atomic mass is 10.2. The molecular formula is C14H20ClN7O. The van der Waals surface area contributed by atoms with Crippen molar-refractivity contribution >= 4 is 17.5 Å². The summed E-state index contributed by atoms with van der Waals surface area (Å²) in [7, 11) is 1.80. The van der Waals surface area contributed by atoms with Crippen molar-refractivity contribution in [1.29, 1.82) is 0 Å². The molecule has 3 heterocycles. The van der Waals surface area contributed by atoms with Crippen molar-refractivity contribution in [2.45, 2.75) is 13.0 Å². The van der Waals surface area contributed by atoms with Crippen molar-refractivity contribution in [3.05, 3.63) is 29.6 Å². The third-order valence-corrected chi connectivity index (χ3v) is 4.35. The summed E-state index contributed by atoms with van der Waals surface area (Å²) in [5.74, 6) is 0.107. The summed E-state index contributed by atoms with van der Waals surface area (Å²) in [6.07, 6.45) is 5.37. The van der Waals surface area contributed by atoms with Crippen molar-refractivity contribution in [2.24, 2.45) is 7.05 Å². The van der Waals surface area contributed by atoms with Crippen LogP contribution >= 0.6 is 11.6 Å². The smallest absolute Gasteiger partial charge is 0.227 e. The molecule has 0 spiro atoms. The van der Waals surface area contributed by atoms with E-state index in [9.17, 15) is 4.79 Å². The number of amides is 1. The SMILES string of the molecule is Cn1cc(CC(=O)N2CCN(CCn3cncn3)CC2)c(Cl)n1. The fraction of sp³-hybridized carbons (Fsp3) is 0.571. The van der Waals surface area contributed by atoms with Crippen LogP contribution < -0.4 is 0 Å². The molecule has 8 nitrogen and oxygen atoms in total. The Morgan fingerprint density at radius 3 is 2.65 bits per heavy atom. The number of hydrogen-bond donors (Lipinski definition) is 0. The Balaban J connectivity index is 1.44. The van der Waals surface area contributed by atoms with Crippen LogP contribution in [0, 0.1) is 0 Å². The van der Waals surface area contributed by atoms with Crippen molar-refractivity contribution in [3.63, 3.8) is 0 Å². The van der Waals surface area contributed by atoms with Gasteiger partial charge in [-0.3, -0.25) is 19.1 Å². The normalized spacial score (nSPS) is 16.0. The molecule has 2 aromatic rings. The van der Waals surface area contributed by atoms with Gasteiger partial charge in [0.25, 0.3) is 0 Å². The average Bonchev–Trinajstić information content (AvgIpc) is 3.16. The van der Waals surface area contributed by atoms with Crippen molar-refractivity contribution in [1.82, 2.24) is 34.3 Å². The Bertz CT molecular complexity index is 646. The van der Waals surface area contributed by atoms with Gasteiger partial charge in [-0.25, -0.2) is 4.98 Å². The standard InChI is InChI=1S/C14H20ClN7O/c1-19-9-12(14(15)18-19)8-13(23)21-5-2-20(3-6-21)4-7-22-11-16-10-17-22/h9-11H,2-8H2,1H3. The number of piperazine rings is 1. The zero-order chi connectivity index (χ0) is 16.2. The fourth-order valence-corrected chi connectivity index (χ4v) is 2.95. The topological polar surface area (TPSA) is 72.1 Å². The van der Waals surface area contributed by atoms with E-state index in [1.165, 1.54) is 0 Å². The summed E-state index contributed by atoms with van der Waals surface area (Å²) >= 11 is 6.02. The Morgan fingerprint density at radius 1 is 1.26 bits per heavy atom. The van der Waals surface area contributed by atoms with E-state index < -0.39 is 0 Å². The van der Waals surface area contributed by atoms with Crippen LogP contribution in [-0.4, -0.2) is 73.0 Å². The number of halogens is 1. The summed E-state index contributed by atoms with van der Waals surface area (Å²) in [6.45, 7) is 4.98. The molecule has 0 bridgehead atoms. The molecule has 1 aliphatic heterocycles. The second-order valence-corrected chi connectivity index (χ2v) is 6.03. The first-order valence-electron chi connectivity index (χ1n) is 7.62. The number of aromatic nitrogens is 5. The number of nitrogens with zero attached hydrogens (tertiary/aromatic N) is 7. The van der Waals surface area contributed by atoms with E-state index in [0.29, 0.717) is 11.6 Å². The minimum Gasteiger partial charge on any atom is -0.340 e. The quantitative estimate of drug-likeness (QED) is 0.771.